The van der Waals surface area contributed by atoms with E-state index in [1.165, 1.54) is 0 Å². The number of benzene rings is 1. The second kappa shape index (κ2) is 13.4. The van der Waals surface area contributed by atoms with E-state index in [9.17, 15) is 0 Å². The topological polar surface area (TPSA) is 77.0 Å². The molecule has 0 radical (unpaired) electrons. The number of guanidine groups is 1. The van der Waals surface area contributed by atoms with Gasteiger partial charge >= 0.3 is 0 Å². The Balaban J connectivity index is 1.89. The molecule has 0 spiro atoms. The molecule has 0 saturated carbocycles. The summed E-state index contributed by atoms with van der Waals surface area (Å²) in [5.41, 5.74) is 2.19. The van der Waals surface area contributed by atoms with Crippen molar-refractivity contribution in [2.24, 2.45) is 4.99 Å². The lowest BCUT2D eigenvalue weighted by Crippen LogP contribution is -2.39. The average molecular weight is 401 g/mol. The smallest absolute Gasteiger partial charge is 0.191 e. The maximum absolute atomic E-state index is 5.90. The summed E-state index contributed by atoms with van der Waals surface area (Å²) in [5, 5.41) is 6.54. The SMILES string of the molecule is CCNC(=NCc1ccc(C)cc1OCCOCC)NCCOc1cccnc1. The van der Waals surface area contributed by atoms with Crippen LogP contribution in [0.25, 0.3) is 0 Å². The van der Waals surface area contributed by atoms with Crippen molar-refractivity contribution in [1.29, 1.82) is 0 Å². The molecule has 0 unspecified atom stereocenters. The van der Waals surface area contributed by atoms with Crippen LogP contribution in [0.15, 0.2) is 47.7 Å². The fraction of sp³-hybridized carbons (Fsp3) is 0.455. The van der Waals surface area contributed by atoms with Crippen LogP contribution in [0.5, 0.6) is 11.5 Å². The maximum atomic E-state index is 5.90. The van der Waals surface area contributed by atoms with Crippen LogP contribution in [0, 0.1) is 6.92 Å². The number of nitrogens with zero attached hydrogens (tertiary/aromatic N) is 2. The first-order valence-electron chi connectivity index (χ1n) is 10.1. The van der Waals surface area contributed by atoms with E-state index in [4.69, 9.17) is 14.2 Å². The van der Waals surface area contributed by atoms with Gasteiger partial charge in [-0.1, -0.05) is 12.1 Å². The van der Waals surface area contributed by atoms with E-state index in [0.29, 0.717) is 39.5 Å². The molecule has 0 aliphatic heterocycles. The lowest BCUT2D eigenvalue weighted by atomic mass is 10.1. The molecule has 1 heterocycles. The fourth-order valence-corrected chi connectivity index (χ4v) is 2.56. The zero-order chi connectivity index (χ0) is 20.7. The van der Waals surface area contributed by atoms with Crippen LogP contribution in [0.4, 0.5) is 0 Å². The molecule has 1 aromatic heterocycles. The molecule has 7 heteroatoms. The molecular weight excluding hydrogens is 368 g/mol. The zero-order valence-electron chi connectivity index (χ0n) is 17.6. The molecule has 2 rings (SSSR count). The van der Waals surface area contributed by atoms with Crippen molar-refractivity contribution in [3.8, 4) is 11.5 Å². The van der Waals surface area contributed by atoms with Gasteiger partial charge in [-0.25, -0.2) is 4.99 Å². The predicted molar refractivity (Wildman–Crippen MR) is 116 cm³/mol. The van der Waals surface area contributed by atoms with E-state index in [2.05, 4.69) is 39.7 Å². The number of nitrogens with one attached hydrogen (secondary N) is 2. The first-order valence-corrected chi connectivity index (χ1v) is 10.1. The summed E-state index contributed by atoms with van der Waals surface area (Å²) < 4.78 is 16.9. The monoisotopic (exact) mass is 400 g/mol. The van der Waals surface area contributed by atoms with Crippen molar-refractivity contribution in [3.05, 3.63) is 53.9 Å². The van der Waals surface area contributed by atoms with Crippen molar-refractivity contribution in [2.75, 3.05) is 39.5 Å². The highest BCUT2D eigenvalue weighted by molar-refractivity contribution is 5.79. The Hall–Kier alpha value is -2.80. The van der Waals surface area contributed by atoms with Crippen LogP contribution in [-0.4, -0.2) is 50.5 Å². The van der Waals surface area contributed by atoms with Crippen molar-refractivity contribution < 1.29 is 14.2 Å². The Morgan fingerprint density at radius 1 is 1.07 bits per heavy atom. The average Bonchev–Trinajstić information content (AvgIpc) is 2.74. The Morgan fingerprint density at radius 3 is 2.72 bits per heavy atom. The normalized spacial score (nSPS) is 11.2. The minimum atomic E-state index is 0.517. The summed E-state index contributed by atoms with van der Waals surface area (Å²) in [7, 11) is 0. The van der Waals surface area contributed by atoms with Gasteiger partial charge in [-0.05, 0) is 44.5 Å². The second-order valence-electron chi connectivity index (χ2n) is 6.32. The highest BCUT2D eigenvalue weighted by atomic mass is 16.5. The molecular formula is C22H32N4O3. The Kier molecular flexibility index (Phi) is 10.4. The van der Waals surface area contributed by atoms with E-state index in [0.717, 1.165) is 35.1 Å². The first-order chi connectivity index (χ1) is 14.2. The van der Waals surface area contributed by atoms with E-state index in [1.54, 1.807) is 12.4 Å². The number of rotatable bonds is 12. The molecule has 0 aliphatic rings. The van der Waals surface area contributed by atoms with Gasteiger partial charge in [0.05, 0.1) is 25.9 Å². The van der Waals surface area contributed by atoms with E-state index in [1.807, 2.05) is 32.0 Å². The van der Waals surface area contributed by atoms with Crippen LogP contribution in [0.1, 0.15) is 25.0 Å². The van der Waals surface area contributed by atoms with Gasteiger partial charge in [0.2, 0.25) is 0 Å². The van der Waals surface area contributed by atoms with Crippen LogP contribution >= 0.6 is 0 Å². The van der Waals surface area contributed by atoms with E-state index in [-0.39, 0.29) is 0 Å². The molecule has 1 aromatic carbocycles. The highest BCUT2D eigenvalue weighted by Gasteiger charge is 2.05. The number of aryl methyl sites for hydroxylation is 1. The van der Waals surface area contributed by atoms with E-state index >= 15 is 0 Å². The molecule has 0 saturated heterocycles. The number of hydrogen-bond acceptors (Lipinski definition) is 5. The summed E-state index contributed by atoms with van der Waals surface area (Å²) >= 11 is 0. The molecule has 29 heavy (non-hydrogen) atoms. The van der Waals surface area contributed by atoms with Crippen LogP contribution in [0.3, 0.4) is 0 Å². The lowest BCUT2D eigenvalue weighted by molar-refractivity contribution is 0.110. The van der Waals surface area contributed by atoms with Gasteiger partial charge in [-0.3, -0.25) is 4.98 Å². The summed E-state index contributed by atoms with van der Waals surface area (Å²) in [6, 6.07) is 9.91. The molecule has 0 atom stereocenters. The van der Waals surface area contributed by atoms with Crippen molar-refractivity contribution in [3.63, 3.8) is 0 Å². The molecule has 7 nitrogen and oxygen atoms in total. The minimum absolute atomic E-state index is 0.517. The minimum Gasteiger partial charge on any atom is -0.491 e. The molecule has 2 aromatic rings. The van der Waals surface area contributed by atoms with Gasteiger partial charge in [0, 0.05) is 24.9 Å². The highest BCUT2D eigenvalue weighted by Crippen LogP contribution is 2.21. The van der Waals surface area contributed by atoms with Crippen molar-refractivity contribution in [1.82, 2.24) is 15.6 Å². The van der Waals surface area contributed by atoms with Crippen LogP contribution < -0.4 is 20.1 Å². The summed E-state index contributed by atoms with van der Waals surface area (Å²) in [5.74, 6) is 2.34. The number of hydrogen-bond donors (Lipinski definition) is 2. The first kappa shape index (κ1) is 22.5. The maximum Gasteiger partial charge on any atom is 0.191 e. The zero-order valence-corrected chi connectivity index (χ0v) is 17.6. The molecule has 158 valence electrons. The Morgan fingerprint density at radius 2 is 1.97 bits per heavy atom. The molecule has 2 N–H and O–H groups in total. The van der Waals surface area contributed by atoms with Gasteiger partial charge < -0.3 is 24.8 Å². The van der Waals surface area contributed by atoms with Crippen LogP contribution in [0.2, 0.25) is 0 Å². The van der Waals surface area contributed by atoms with E-state index < -0.39 is 0 Å². The summed E-state index contributed by atoms with van der Waals surface area (Å²) in [6.07, 6.45) is 3.42. The lowest BCUT2D eigenvalue weighted by Gasteiger charge is -2.14. The Labute approximate surface area is 173 Å². The van der Waals surface area contributed by atoms with Gasteiger partial charge in [0.15, 0.2) is 5.96 Å². The van der Waals surface area contributed by atoms with Crippen molar-refractivity contribution >= 4 is 5.96 Å². The largest absolute Gasteiger partial charge is 0.491 e. The Bertz CT molecular complexity index is 738. The van der Waals surface area contributed by atoms with Gasteiger partial charge in [0.1, 0.15) is 24.7 Å². The molecule has 0 amide bonds. The molecule has 0 aliphatic carbocycles. The molecule has 0 bridgehead atoms. The van der Waals surface area contributed by atoms with Crippen molar-refractivity contribution in [2.45, 2.75) is 27.3 Å². The third kappa shape index (κ3) is 8.83. The molecule has 0 fully saturated rings. The van der Waals surface area contributed by atoms with Gasteiger partial charge in [0.25, 0.3) is 0 Å². The number of aliphatic imine (C=N–C) groups is 1. The number of aromatic nitrogens is 1. The quantitative estimate of drug-likeness (QED) is 0.324. The fourth-order valence-electron chi connectivity index (χ4n) is 2.56. The van der Waals surface area contributed by atoms with Crippen LogP contribution in [-0.2, 0) is 11.3 Å². The second-order valence-corrected chi connectivity index (χ2v) is 6.32. The predicted octanol–water partition coefficient (Wildman–Crippen LogP) is 2.94. The number of ether oxygens (including phenoxy) is 3. The third-order valence-electron chi connectivity index (χ3n) is 3.96. The van der Waals surface area contributed by atoms with Gasteiger partial charge in [-0.15, -0.1) is 0 Å². The third-order valence-corrected chi connectivity index (χ3v) is 3.96. The summed E-state index contributed by atoms with van der Waals surface area (Å²) in [4.78, 5) is 8.71. The standard InChI is InChI=1S/C22H32N4O3/c1-4-24-22(25-11-12-28-20-7-6-10-23-17-20)26-16-19-9-8-18(3)15-21(19)29-14-13-27-5-2/h6-10,15,17H,4-5,11-14,16H2,1-3H3,(H2,24,25,26). The van der Waals surface area contributed by atoms with Gasteiger partial charge in [-0.2, -0.15) is 0 Å². The summed E-state index contributed by atoms with van der Waals surface area (Å²) in [6.45, 7) is 10.3. The number of pyridine rings is 1.